The highest BCUT2D eigenvalue weighted by molar-refractivity contribution is 5.96. The van der Waals surface area contributed by atoms with E-state index in [2.05, 4.69) is 29.2 Å². The van der Waals surface area contributed by atoms with Crippen molar-refractivity contribution >= 4 is 11.8 Å². The second kappa shape index (κ2) is 6.31. The van der Waals surface area contributed by atoms with Crippen molar-refractivity contribution in [3.63, 3.8) is 0 Å². The van der Waals surface area contributed by atoms with Crippen LogP contribution in [0, 0.1) is 0 Å². The van der Waals surface area contributed by atoms with Gasteiger partial charge in [0, 0.05) is 39.3 Å². The number of likely N-dealkylation sites (N-methyl/N-ethyl adjacent to an activating group) is 1. The Hall–Kier alpha value is -1.89. The van der Waals surface area contributed by atoms with Gasteiger partial charge >= 0.3 is 0 Å². The monoisotopic (exact) mass is 319 g/mol. The van der Waals surface area contributed by atoms with Crippen molar-refractivity contribution in [1.29, 1.82) is 0 Å². The molecule has 0 aliphatic carbocycles. The van der Waals surface area contributed by atoms with Crippen LogP contribution in [0.2, 0.25) is 0 Å². The quantitative estimate of drug-likeness (QED) is 0.878. The molecule has 7 nitrogen and oxygen atoms in total. The minimum atomic E-state index is -0.416. The third kappa shape index (κ3) is 3.24. The summed E-state index contributed by atoms with van der Waals surface area (Å²) >= 11 is 0. The van der Waals surface area contributed by atoms with Gasteiger partial charge in [0.05, 0.1) is 5.69 Å². The van der Waals surface area contributed by atoms with E-state index in [0.717, 1.165) is 31.7 Å². The van der Waals surface area contributed by atoms with Gasteiger partial charge in [0.25, 0.3) is 5.91 Å². The molecule has 2 amide bonds. The molecule has 3 heterocycles. The number of carbonyl (C=O) groups is 2. The third-order valence-electron chi connectivity index (χ3n) is 4.74. The molecule has 7 heteroatoms. The number of aromatic nitrogens is 2. The van der Waals surface area contributed by atoms with Gasteiger partial charge in [0.2, 0.25) is 5.91 Å². The molecule has 1 unspecified atom stereocenters. The van der Waals surface area contributed by atoms with Crippen LogP contribution < -0.4 is 5.32 Å². The zero-order valence-corrected chi connectivity index (χ0v) is 14.1. The second-order valence-electron chi connectivity index (χ2n) is 6.74. The highest BCUT2D eigenvalue weighted by Gasteiger charge is 2.31. The summed E-state index contributed by atoms with van der Waals surface area (Å²) in [5.41, 5.74) is 1.48. The Morgan fingerprint density at radius 3 is 2.78 bits per heavy atom. The van der Waals surface area contributed by atoms with E-state index in [1.807, 2.05) is 10.7 Å². The molecule has 1 N–H and O–H groups in total. The summed E-state index contributed by atoms with van der Waals surface area (Å²) in [6.07, 6.45) is 1.69. The van der Waals surface area contributed by atoms with Crippen molar-refractivity contribution in [3.8, 4) is 0 Å². The number of hydrogen-bond acceptors (Lipinski definition) is 4. The minimum absolute atomic E-state index is 0.0231. The van der Waals surface area contributed by atoms with Crippen molar-refractivity contribution in [3.05, 3.63) is 17.5 Å². The Morgan fingerprint density at radius 2 is 2.13 bits per heavy atom. The number of nitrogens with one attached hydrogen (secondary N) is 1. The number of likely N-dealkylation sites (tertiary alicyclic amines) is 1. The largest absolute Gasteiger partial charge is 0.344 e. The Balaban J connectivity index is 1.71. The molecular weight excluding hydrogens is 294 g/mol. The molecule has 1 fully saturated rings. The maximum Gasteiger partial charge on any atom is 0.272 e. The van der Waals surface area contributed by atoms with E-state index in [1.165, 1.54) is 0 Å². The molecule has 0 bridgehead atoms. The van der Waals surface area contributed by atoms with E-state index in [0.29, 0.717) is 24.7 Å². The molecule has 3 rings (SSSR count). The molecule has 1 aromatic heterocycles. The second-order valence-corrected chi connectivity index (χ2v) is 6.74. The number of nitrogens with zero attached hydrogens (tertiary/aromatic N) is 4. The Kier molecular flexibility index (Phi) is 4.39. The van der Waals surface area contributed by atoms with Gasteiger partial charge in [-0.25, -0.2) is 0 Å². The van der Waals surface area contributed by atoms with Crippen molar-refractivity contribution in [1.82, 2.24) is 24.9 Å². The first-order chi connectivity index (χ1) is 11.0. The lowest BCUT2D eigenvalue weighted by Crippen LogP contribution is -2.40. The number of hydrogen-bond donors (Lipinski definition) is 1. The van der Waals surface area contributed by atoms with E-state index >= 15 is 0 Å². The summed E-state index contributed by atoms with van der Waals surface area (Å²) in [5.74, 6) is -0.277. The fraction of sp³-hybridized carbons (Fsp3) is 0.688. The summed E-state index contributed by atoms with van der Waals surface area (Å²) < 4.78 is 1.93. The fourth-order valence-corrected chi connectivity index (χ4v) is 3.23. The molecule has 0 spiro atoms. The van der Waals surface area contributed by atoms with Crippen molar-refractivity contribution in [2.24, 2.45) is 0 Å². The summed E-state index contributed by atoms with van der Waals surface area (Å²) in [4.78, 5) is 28.3. The van der Waals surface area contributed by atoms with Crippen LogP contribution >= 0.6 is 0 Å². The molecule has 0 saturated carbocycles. The number of aryl methyl sites for hydroxylation is 1. The highest BCUT2D eigenvalue weighted by Crippen LogP contribution is 2.16. The van der Waals surface area contributed by atoms with E-state index < -0.39 is 6.04 Å². The highest BCUT2D eigenvalue weighted by atomic mass is 16.2. The van der Waals surface area contributed by atoms with Gasteiger partial charge in [-0.2, -0.15) is 5.10 Å². The first kappa shape index (κ1) is 16.0. The van der Waals surface area contributed by atoms with Gasteiger partial charge in [-0.05, 0) is 32.8 Å². The Bertz CT molecular complexity index is 610. The predicted octanol–water partition coefficient (Wildman–Crippen LogP) is 0.458. The Morgan fingerprint density at radius 1 is 1.35 bits per heavy atom. The maximum absolute atomic E-state index is 12.4. The van der Waals surface area contributed by atoms with Crippen LogP contribution in [-0.2, 0) is 17.9 Å². The lowest BCUT2D eigenvalue weighted by Gasteiger charge is -2.23. The summed E-state index contributed by atoms with van der Waals surface area (Å²) in [7, 11) is 1.76. The maximum atomic E-state index is 12.4. The average Bonchev–Trinajstić information content (AvgIpc) is 2.98. The molecule has 2 aliphatic heterocycles. The van der Waals surface area contributed by atoms with E-state index in [4.69, 9.17) is 0 Å². The van der Waals surface area contributed by atoms with Crippen LogP contribution in [0.15, 0.2) is 6.07 Å². The van der Waals surface area contributed by atoms with Crippen LogP contribution in [0.25, 0.3) is 0 Å². The van der Waals surface area contributed by atoms with E-state index in [1.54, 1.807) is 11.9 Å². The van der Waals surface area contributed by atoms with E-state index in [-0.39, 0.29) is 11.8 Å². The molecule has 23 heavy (non-hydrogen) atoms. The molecule has 1 aromatic rings. The smallest absolute Gasteiger partial charge is 0.272 e. The molecule has 2 aliphatic rings. The molecule has 0 radical (unpaired) electrons. The summed E-state index contributed by atoms with van der Waals surface area (Å²) in [6.45, 7) is 7.74. The lowest BCUT2D eigenvalue weighted by atomic mass is 10.2. The Labute approximate surface area is 136 Å². The molecule has 1 saturated heterocycles. The van der Waals surface area contributed by atoms with Crippen LogP contribution in [0.3, 0.4) is 0 Å². The van der Waals surface area contributed by atoms with Gasteiger partial charge in [0.1, 0.15) is 6.04 Å². The normalized spacial score (nSPS) is 22.3. The molecule has 1 atom stereocenters. The van der Waals surface area contributed by atoms with Gasteiger partial charge in [-0.1, -0.05) is 0 Å². The SMILES string of the molecule is CC(C)N1CCCn2nc(C(=O)NC3CCN(C)C3=O)cc2C1. The summed E-state index contributed by atoms with van der Waals surface area (Å²) in [5, 5.41) is 7.26. The summed E-state index contributed by atoms with van der Waals surface area (Å²) in [6, 6.07) is 1.92. The molecule has 126 valence electrons. The van der Waals surface area contributed by atoms with Gasteiger partial charge in [0.15, 0.2) is 5.69 Å². The van der Waals surface area contributed by atoms with Gasteiger partial charge < -0.3 is 10.2 Å². The zero-order valence-electron chi connectivity index (χ0n) is 14.1. The van der Waals surface area contributed by atoms with Crippen LogP contribution in [0.1, 0.15) is 42.9 Å². The minimum Gasteiger partial charge on any atom is -0.344 e. The number of rotatable bonds is 3. The standard InChI is InChI=1S/C16H25N5O2/c1-11(2)20-6-4-7-21-12(10-20)9-14(18-21)15(22)17-13-5-8-19(3)16(13)23/h9,11,13H,4-8,10H2,1-3H3,(H,17,22). The van der Waals surface area contributed by atoms with Crippen molar-refractivity contribution in [2.75, 3.05) is 20.1 Å². The first-order valence-corrected chi connectivity index (χ1v) is 8.32. The predicted molar refractivity (Wildman–Crippen MR) is 85.9 cm³/mol. The fourth-order valence-electron chi connectivity index (χ4n) is 3.23. The first-order valence-electron chi connectivity index (χ1n) is 8.32. The topological polar surface area (TPSA) is 70.5 Å². The van der Waals surface area contributed by atoms with E-state index in [9.17, 15) is 9.59 Å². The van der Waals surface area contributed by atoms with Crippen LogP contribution in [0.5, 0.6) is 0 Å². The molecular formula is C16H25N5O2. The number of fused-ring (bicyclic) bond motifs is 1. The lowest BCUT2D eigenvalue weighted by molar-refractivity contribution is -0.128. The van der Waals surface area contributed by atoms with Crippen LogP contribution in [-0.4, -0.2) is 63.6 Å². The number of amides is 2. The van der Waals surface area contributed by atoms with Crippen molar-refractivity contribution < 1.29 is 9.59 Å². The van der Waals surface area contributed by atoms with Crippen LogP contribution in [0.4, 0.5) is 0 Å². The van der Waals surface area contributed by atoms with Gasteiger partial charge in [-0.3, -0.25) is 19.2 Å². The van der Waals surface area contributed by atoms with Gasteiger partial charge in [-0.15, -0.1) is 0 Å². The van der Waals surface area contributed by atoms with Crippen molar-refractivity contribution in [2.45, 2.75) is 51.9 Å². The third-order valence-corrected chi connectivity index (χ3v) is 4.74. The zero-order chi connectivity index (χ0) is 16.6. The molecule has 0 aromatic carbocycles. The average molecular weight is 319 g/mol. The number of carbonyl (C=O) groups excluding carboxylic acids is 2.